The van der Waals surface area contributed by atoms with E-state index >= 15 is 0 Å². The van der Waals surface area contributed by atoms with E-state index in [0.717, 1.165) is 17.5 Å². The molecule has 0 aliphatic carbocycles. The number of aliphatic hydroxyl groups is 1. The number of halogens is 1. The number of nitrogens with zero attached hydrogens (tertiary/aromatic N) is 2. The van der Waals surface area contributed by atoms with Crippen molar-refractivity contribution in [3.05, 3.63) is 89.2 Å². The van der Waals surface area contributed by atoms with Crippen molar-refractivity contribution in [3.8, 4) is 11.5 Å². The van der Waals surface area contributed by atoms with E-state index in [1.54, 1.807) is 36.4 Å². The molecule has 1 fully saturated rings. The molecule has 1 unspecified atom stereocenters. The molecule has 9 heteroatoms. The van der Waals surface area contributed by atoms with Crippen LogP contribution < -0.4 is 14.4 Å². The summed E-state index contributed by atoms with van der Waals surface area (Å²) < 4.78 is 26.0. The van der Waals surface area contributed by atoms with Crippen LogP contribution in [0.2, 0.25) is 0 Å². The molecule has 0 saturated carbocycles. The molecule has 7 nitrogen and oxygen atoms in total. The fraction of sp³-hybridized carbons (Fsp3) is 0.233. The molecule has 1 saturated heterocycles. The number of thiazole rings is 1. The topological polar surface area (TPSA) is 89.0 Å². The third kappa shape index (κ3) is 5.22. The van der Waals surface area contributed by atoms with E-state index in [9.17, 15) is 19.1 Å². The van der Waals surface area contributed by atoms with Crippen LogP contribution in [0.5, 0.6) is 11.5 Å². The number of ketones is 1. The lowest BCUT2D eigenvalue weighted by Crippen LogP contribution is -2.29. The minimum atomic E-state index is -1.01. The minimum Gasteiger partial charge on any atom is -0.507 e. The van der Waals surface area contributed by atoms with Crippen LogP contribution in [-0.2, 0) is 9.59 Å². The summed E-state index contributed by atoms with van der Waals surface area (Å²) in [6.45, 7) is 4.96. The highest BCUT2D eigenvalue weighted by Crippen LogP contribution is 2.44. The van der Waals surface area contributed by atoms with Crippen molar-refractivity contribution in [2.45, 2.75) is 32.7 Å². The van der Waals surface area contributed by atoms with Gasteiger partial charge in [-0.1, -0.05) is 48.9 Å². The van der Waals surface area contributed by atoms with E-state index in [0.29, 0.717) is 41.4 Å². The predicted molar refractivity (Wildman–Crippen MR) is 149 cm³/mol. The fourth-order valence-electron chi connectivity index (χ4n) is 4.47. The second-order valence-electron chi connectivity index (χ2n) is 9.01. The van der Waals surface area contributed by atoms with Crippen LogP contribution in [0.4, 0.5) is 9.52 Å². The summed E-state index contributed by atoms with van der Waals surface area (Å²) in [6, 6.07) is 16.6. The Hall–Kier alpha value is -4.24. The zero-order valence-corrected chi connectivity index (χ0v) is 22.3. The number of aliphatic hydroxyl groups excluding tert-OH is 1. The Balaban J connectivity index is 1.62. The molecule has 5 rings (SSSR count). The first-order valence-electron chi connectivity index (χ1n) is 12.7. The third-order valence-corrected chi connectivity index (χ3v) is 7.39. The van der Waals surface area contributed by atoms with Crippen molar-refractivity contribution < 1.29 is 28.6 Å². The number of unbranched alkanes of at least 4 members (excludes halogenated alkanes) is 1. The second kappa shape index (κ2) is 11.2. The van der Waals surface area contributed by atoms with E-state index in [-0.39, 0.29) is 16.5 Å². The SMILES string of the molecule is CCCCOc1cccc(C(O)=C2C(=O)C(=O)N(c3nc4ccc(OCC)cc4s3)C2c2ccc(F)cc2)c1. The highest BCUT2D eigenvalue weighted by molar-refractivity contribution is 7.22. The summed E-state index contributed by atoms with van der Waals surface area (Å²) in [5.74, 6) is -1.28. The molecule has 1 aliphatic heterocycles. The number of aromatic nitrogens is 1. The highest BCUT2D eigenvalue weighted by Gasteiger charge is 2.48. The van der Waals surface area contributed by atoms with Crippen molar-refractivity contribution in [2.24, 2.45) is 0 Å². The monoisotopic (exact) mass is 546 g/mol. The average Bonchev–Trinajstić information content (AvgIpc) is 3.47. The number of anilines is 1. The summed E-state index contributed by atoms with van der Waals surface area (Å²) in [5, 5.41) is 11.7. The largest absolute Gasteiger partial charge is 0.507 e. The van der Waals surface area contributed by atoms with Gasteiger partial charge in [-0.25, -0.2) is 9.37 Å². The van der Waals surface area contributed by atoms with Crippen molar-refractivity contribution in [1.82, 2.24) is 4.98 Å². The third-order valence-electron chi connectivity index (χ3n) is 6.37. The first-order chi connectivity index (χ1) is 18.9. The standard InChI is InChI=1S/C30H27FN2O5S/c1-3-5-15-38-21-8-6-7-19(16-21)27(34)25-26(18-9-11-20(31)12-10-18)33(29(36)28(25)35)30-32-23-14-13-22(37-4-2)17-24(23)39-30/h6-14,16-17,26,34H,3-5,15H2,1-2H3. The van der Waals surface area contributed by atoms with Gasteiger partial charge in [0.25, 0.3) is 5.78 Å². The molecular formula is C30H27FN2O5S. The number of benzene rings is 3. The number of amides is 1. The zero-order valence-electron chi connectivity index (χ0n) is 21.5. The summed E-state index contributed by atoms with van der Waals surface area (Å²) in [7, 11) is 0. The number of fused-ring (bicyclic) bond motifs is 1. The van der Waals surface area contributed by atoms with Gasteiger partial charge in [-0.2, -0.15) is 0 Å². The van der Waals surface area contributed by atoms with E-state index < -0.39 is 23.5 Å². The maximum atomic E-state index is 13.8. The number of Topliss-reactive ketones (excluding diaryl/α,β-unsaturated/α-hetero) is 1. The van der Waals surface area contributed by atoms with Gasteiger partial charge < -0.3 is 14.6 Å². The highest BCUT2D eigenvalue weighted by atomic mass is 32.1. The first-order valence-corrected chi connectivity index (χ1v) is 13.6. The molecule has 1 N–H and O–H groups in total. The number of rotatable bonds is 9. The predicted octanol–water partition coefficient (Wildman–Crippen LogP) is 6.64. The lowest BCUT2D eigenvalue weighted by atomic mass is 9.95. The fourth-order valence-corrected chi connectivity index (χ4v) is 5.49. The van der Waals surface area contributed by atoms with Gasteiger partial charge in [-0.15, -0.1) is 0 Å². The Morgan fingerprint density at radius 1 is 1.03 bits per heavy atom. The number of hydrogen-bond acceptors (Lipinski definition) is 7. The van der Waals surface area contributed by atoms with Gasteiger partial charge in [0, 0.05) is 5.56 Å². The molecule has 1 amide bonds. The second-order valence-corrected chi connectivity index (χ2v) is 10.0. The van der Waals surface area contributed by atoms with E-state index in [1.165, 1.54) is 40.5 Å². The molecule has 0 radical (unpaired) electrons. The van der Waals surface area contributed by atoms with Gasteiger partial charge in [0.15, 0.2) is 5.13 Å². The van der Waals surface area contributed by atoms with Gasteiger partial charge >= 0.3 is 5.91 Å². The molecule has 1 aromatic heterocycles. The molecule has 0 spiro atoms. The zero-order chi connectivity index (χ0) is 27.5. The van der Waals surface area contributed by atoms with E-state index in [2.05, 4.69) is 11.9 Å². The van der Waals surface area contributed by atoms with Crippen LogP contribution in [0.3, 0.4) is 0 Å². The summed E-state index contributed by atoms with van der Waals surface area (Å²) in [6.07, 6.45) is 1.85. The Kier molecular flexibility index (Phi) is 7.60. The minimum absolute atomic E-state index is 0.105. The number of carbonyl (C=O) groups excluding carboxylic acids is 2. The van der Waals surface area contributed by atoms with Crippen LogP contribution in [0.1, 0.15) is 43.9 Å². The summed E-state index contributed by atoms with van der Waals surface area (Å²) >= 11 is 1.23. The molecule has 0 bridgehead atoms. The van der Waals surface area contributed by atoms with Gasteiger partial charge in [0.05, 0.1) is 35.0 Å². The maximum absolute atomic E-state index is 13.8. The van der Waals surface area contributed by atoms with Crippen molar-refractivity contribution >= 4 is 44.1 Å². The van der Waals surface area contributed by atoms with Crippen LogP contribution >= 0.6 is 11.3 Å². The number of carbonyl (C=O) groups is 2. The van der Waals surface area contributed by atoms with Crippen LogP contribution in [-0.4, -0.2) is 35.0 Å². The quantitative estimate of drug-likeness (QED) is 0.110. The van der Waals surface area contributed by atoms with Gasteiger partial charge in [-0.3, -0.25) is 14.5 Å². The normalized spacial score (nSPS) is 16.7. The Bertz CT molecular complexity index is 1560. The van der Waals surface area contributed by atoms with Crippen LogP contribution in [0.15, 0.2) is 72.3 Å². The molecular weight excluding hydrogens is 519 g/mol. The average molecular weight is 547 g/mol. The van der Waals surface area contributed by atoms with E-state index in [4.69, 9.17) is 9.47 Å². The lowest BCUT2D eigenvalue weighted by molar-refractivity contribution is -0.132. The molecule has 3 aromatic carbocycles. The van der Waals surface area contributed by atoms with E-state index in [1.807, 2.05) is 13.0 Å². The van der Waals surface area contributed by atoms with Crippen molar-refractivity contribution in [3.63, 3.8) is 0 Å². The molecule has 2 heterocycles. The van der Waals surface area contributed by atoms with Crippen molar-refractivity contribution in [2.75, 3.05) is 18.1 Å². The molecule has 39 heavy (non-hydrogen) atoms. The Labute approximate surface area is 229 Å². The first kappa shape index (κ1) is 26.4. The molecule has 1 atom stereocenters. The summed E-state index contributed by atoms with van der Waals surface area (Å²) in [5.41, 5.74) is 1.32. The summed E-state index contributed by atoms with van der Waals surface area (Å²) in [4.78, 5) is 32.8. The van der Waals surface area contributed by atoms with Crippen molar-refractivity contribution in [1.29, 1.82) is 0 Å². The maximum Gasteiger partial charge on any atom is 0.301 e. The molecule has 200 valence electrons. The number of ether oxygens (including phenoxy) is 2. The molecule has 1 aliphatic rings. The number of hydrogen-bond donors (Lipinski definition) is 1. The van der Waals surface area contributed by atoms with Gasteiger partial charge in [0.2, 0.25) is 0 Å². The van der Waals surface area contributed by atoms with Gasteiger partial charge in [-0.05, 0) is 61.4 Å². The smallest absolute Gasteiger partial charge is 0.301 e. The lowest BCUT2D eigenvalue weighted by Gasteiger charge is -2.23. The van der Waals surface area contributed by atoms with Crippen LogP contribution in [0, 0.1) is 5.82 Å². The Morgan fingerprint density at radius 3 is 2.54 bits per heavy atom. The molecule has 4 aromatic rings. The van der Waals surface area contributed by atoms with Crippen LogP contribution in [0.25, 0.3) is 16.0 Å². The van der Waals surface area contributed by atoms with Gasteiger partial charge in [0.1, 0.15) is 23.1 Å². The Morgan fingerprint density at radius 2 is 1.79 bits per heavy atom.